The SMILES string of the molecule is CCNC(=O)[C@@H](C)N(CCc1ccccc1)C(=O)CN(c1ccc2c(c1)OCCO2)S(C)(=O)=O. The summed E-state index contributed by atoms with van der Waals surface area (Å²) in [4.78, 5) is 27.4. The van der Waals surface area contributed by atoms with Crippen molar-refractivity contribution in [2.45, 2.75) is 26.3 Å². The number of amides is 2. The average Bonchev–Trinajstić information content (AvgIpc) is 2.82. The van der Waals surface area contributed by atoms with Crippen LogP contribution in [0.1, 0.15) is 19.4 Å². The Morgan fingerprint density at radius 1 is 1.06 bits per heavy atom. The second-order valence-electron chi connectivity index (χ2n) is 7.99. The molecule has 184 valence electrons. The molecule has 0 saturated carbocycles. The molecule has 3 rings (SSSR count). The van der Waals surface area contributed by atoms with E-state index in [1.165, 1.54) is 4.90 Å². The third kappa shape index (κ3) is 6.40. The predicted octanol–water partition coefficient (Wildman–Crippen LogP) is 1.82. The zero-order valence-electron chi connectivity index (χ0n) is 19.7. The van der Waals surface area contributed by atoms with E-state index in [9.17, 15) is 18.0 Å². The summed E-state index contributed by atoms with van der Waals surface area (Å²) in [5.74, 6) is 0.162. The highest BCUT2D eigenvalue weighted by atomic mass is 32.2. The molecule has 2 amide bonds. The molecular weight excluding hydrogens is 458 g/mol. The zero-order valence-corrected chi connectivity index (χ0v) is 20.5. The largest absolute Gasteiger partial charge is 0.486 e. The number of likely N-dealkylation sites (N-methyl/N-ethyl adjacent to an activating group) is 1. The summed E-state index contributed by atoms with van der Waals surface area (Å²) in [5, 5.41) is 2.73. The van der Waals surface area contributed by atoms with Crippen molar-refractivity contribution in [3.63, 3.8) is 0 Å². The fourth-order valence-corrected chi connectivity index (χ4v) is 4.53. The number of ether oxygens (including phenoxy) is 2. The molecule has 0 spiro atoms. The fraction of sp³-hybridized carbons (Fsp3) is 0.417. The Morgan fingerprint density at radius 3 is 2.38 bits per heavy atom. The molecule has 1 N–H and O–H groups in total. The maximum atomic E-state index is 13.4. The average molecular weight is 490 g/mol. The third-order valence-corrected chi connectivity index (χ3v) is 6.64. The number of nitrogens with one attached hydrogen (secondary N) is 1. The van der Waals surface area contributed by atoms with E-state index in [1.807, 2.05) is 30.3 Å². The van der Waals surface area contributed by atoms with Crippen molar-refractivity contribution in [3.05, 3.63) is 54.1 Å². The minimum absolute atomic E-state index is 0.264. The van der Waals surface area contributed by atoms with Gasteiger partial charge in [0.1, 0.15) is 25.8 Å². The van der Waals surface area contributed by atoms with Crippen LogP contribution in [0.2, 0.25) is 0 Å². The Hall–Kier alpha value is -3.27. The maximum absolute atomic E-state index is 13.4. The highest BCUT2D eigenvalue weighted by molar-refractivity contribution is 7.92. The first kappa shape index (κ1) is 25.4. The molecule has 0 radical (unpaired) electrons. The Bertz CT molecular complexity index is 1110. The molecule has 1 aliphatic heterocycles. The first-order valence-corrected chi connectivity index (χ1v) is 13.0. The minimum atomic E-state index is -3.81. The number of sulfonamides is 1. The Morgan fingerprint density at radius 2 is 1.74 bits per heavy atom. The van der Waals surface area contributed by atoms with Gasteiger partial charge < -0.3 is 19.7 Å². The van der Waals surface area contributed by atoms with E-state index < -0.39 is 28.5 Å². The number of rotatable bonds is 10. The van der Waals surface area contributed by atoms with Crippen LogP contribution in [-0.4, -0.2) is 70.3 Å². The lowest BCUT2D eigenvalue weighted by Gasteiger charge is -2.31. The van der Waals surface area contributed by atoms with E-state index in [0.717, 1.165) is 16.1 Å². The topological polar surface area (TPSA) is 105 Å². The van der Waals surface area contributed by atoms with Crippen molar-refractivity contribution >= 4 is 27.5 Å². The lowest BCUT2D eigenvalue weighted by Crippen LogP contribution is -2.52. The summed E-state index contributed by atoms with van der Waals surface area (Å²) in [5.41, 5.74) is 1.30. The van der Waals surface area contributed by atoms with Crippen LogP contribution < -0.4 is 19.1 Å². The fourth-order valence-electron chi connectivity index (χ4n) is 3.69. The molecule has 1 aliphatic rings. The number of nitrogens with zero attached hydrogens (tertiary/aromatic N) is 2. The number of carbonyl (C=O) groups excluding carboxylic acids is 2. The number of benzene rings is 2. The second kappa shape index (κ2) is 11.2. The number of anilines is 1. The van der Waals surface area contributed by atoms with Crippen molar-refractivity contribution in [1.82, 2.24) is 10.2 Å². The Kier molecular flexibility index (Phi) is 8.38. The van der Waals surface area contributed by atoms with Gasteiger partial charge in [-0.2, -0.15) is 0 Å². The normalized spacial score (nSPS) is 13.6. The quantitative estimate of drug-likeness (QED) is 0.546. The van der Waals surface area contributed by atoms with Crippen LogP contribution in [0.4, 0.5) is 5.69 Å². The van der Waals surface area contributed by atoms with Gasteiger partial charge >= 0.3 is 0 Å². The van der Waals surface area contributed by atoms with Crippen LogP contribution in [-0.2, 0) is 26.0 Å². The molecule has 0 bridgehead atoms. The van der Waals surface area contributed by atoms with Gasteiger partial charge in [0.05, 0.1) is 11.9 Å². The molecule has 10 heteroatoms. The van der Waals surface area contributed by atoms with E-state index >= 15 is 0 Å². The van der Waals surface area contributed by atoms with Gasteiger partial charge in [-0.1, -0.05) is 30.3 Å². The molecular formula is C24H31N3O6S. The van der Waals surface area contributed by atoms with Gasteiger partial charge in [-0.05, 0) is 38.0 Å². The number of hydrogen-bond donors (Lipinski definition) is 1. The van der Waals surface area contributed by atoms with E-state index in [4.69, 9.17) is 9.47 Å². The third-order valence-electron chi connectivity index (χ3n) is 5.50. The molecule has 0 unspecified atom stereocenters. The molecule has 0 aliphatic carbocycles. The van der Waals surface area contributed by atoms with Crippen LogP contribution >= 0.6 is 0 Å². The van der Waals surface area contributed by atoms with Crippen molar-refractivity contribution in [2.75, 3.05) is 43.4 Å². The monoisotopic (exact) mass is 489 g/mol. The minimum Gasteiger partial charge on any atom is -0.486 e. The van der Waals surface area contributed by atoms with Gasteiger partial charge in [-0.25, -0.2) is 8.42 Å². The number of fused-ring (bicyclic) bond motifs is 1. The van der Waals surface area contributed by atoms with Gasteiger partial charge in [0.15, 0.2) is 11.5 Å². The van der Waals surface area contributed by atoms with Crippen molar-refractivity contribution in [3.8, 4) is 11.5 Å². The number of hydrogen-bond acceptors (Lipinski definition) is 6. The second-order valence-corrected chi connectivity index (χ2v) is 9.90. The highest BCUT2D eigenvalue weighted by Crippen LogP contribution is 2.34. The van der Waals surface area contributed by atoms with Crippen LogP contribution in [0, 0.1) is 0 Å². The van der Waals surface area contributed by atoms with Gasteiger partial charge in [0, 0.05) is 19.2 Å². The lowest BCUT2D eigenvalue weighted by molar-refractivity contribution is -0.138. The number of carbonyl (C=O) groups is 2. The molecule has 2 aromatic carbocycles. The predicted molar refractivity (Wildman–Crippen MR) is 130 cm³/mol. The first-order chi connectivity index (χ1) is 16.2. The molecule has 9 nitrogen and oxygen atoms in total. The van der Waals surface area contributed by atoms with Crippen molar-refractivity contribution in [2.24, 2.45) is 0 Å². The van der Waals surface area contributed by atoms with E-state index in [1.54, 1.807) is 32.0 Å². The van der Waals surface area contributed by atoms with E-state index in [-0.39, 0.29) is 18.1 Å². The van der Waals surface area contributed by atoms with Gasteiger partial charge in [-0.3, -0.25) is 13.9 Å². The lowest BCUT2D eigenvalue weighted by atomic mass is 10.1. The van der Waals surface area contributed by atoms with Crippen LogP contribution in [0.15, 0.2) is 48.5 Å². The zero-order chi connectivity index (χ0) is 24.7. The molecule has 34 heavy (non-hydrogen) atoms. The van der Waals surface area contributed by atoms with Crippen molar-refractivity contribution in [1.29, 1.82) is 0 Å². The molecule has 1 atom stereocenters. The summed E-state index contributed by atoms with van der Waals surface area (Å²) in [7, 11) is -3.81. The maximum Gasteiger partial charge on any atom is 0.244 e. The summed E-state index contributed by atoms with van der Waals surface area (Å²) in [6.07, 6.45) is 1.57. The van der Waals surface area contributed by atoms with E-state index in [0.29, 0.717) is 37.7 Å². The van der Waals surface area contributed by atoms with Crippen molar-refractivity contribution < 1.29 is 27.5 Å². The van der Waals surface area contributed by atoms with Crippen LogP contribution in [0.25, 0.3) is 0 Å². The molecule has 0 aromatic heterocycles. The summed E-state index contributed by atoms with van der Waals surface area (Å²) in [6.45, 7) is 4.45. The van der Waals surface area contributed by atoms with Gasteiger partial charge in [0.25, 0.3) is 0 Å². The molecule has 1 heterocycles. The van der Waals surface area contributed by atoms with E-state index in [2.05, 4.69) is 5.32 Å². The van der Waals surface area contributed by atoms with Crippen LogP contribution in [0.3, 0.4) is 0 Å². The smallest absolute Gasteiger partial charge is 0.244 e. The molecule has 0 fully saturated rings. The van der Waals surface area contributed by atoms with Crippen LogP contribution in [0.5, 0.6) is 11.5 Å². The standard InChI is InChI=1S/C24H31N3O6S/c1-4-25-24(29)18(2)26(13-12-19-8-6-5-7-9-19)23(28)17-27(34(3,30)31)20-10-11-21-22(16-20)33-15-14-32-21/h5-11,16,18H,4,12-15,17H2,1-3H3,(H,25,29)/t18-/m1/s1. The van der Waals surface area contributed by atoms with Gasteiger partial charge in [-0.15, -0.1) is 0 Å². The van der Waals surface area contributed by atoms with Gasteiger partial charge in [0.2, 0.25) is 21.8 Å². The summed E-state index contributed by atoms with van der Waals surface area (Å²) < 4.78 is 37.4. The Labute approximate surface area is 200 Å². The summed E-state index contributed by atoms with van der Waals surface area (Å²) in [6, 6.07) is 13.6. The highest BCUT2D eigenvalue weighted by Gasteiger charge is 2.30. The first-order valence-electron chi connectivity index (χ1n) is 11.2. The molecule has 0 saturated heterocycles. The Balaban J connectivity index is 1.85. The molecule has 2 aromatic rings. The summed E-state index contributed by atoms with van der Waals surface area (Å²) >= 11 is 0.